The molecule has 0 aromatic carbocycles. The number of nitrogens with zero attached hydrogens (tertiary/aromatic N) is 4. The predicted octanol–water partition coefficient (Wildman–Crippen LogP) is 1.99. The van der Waals surface area contributed by atoms with E-state index in [0.29, 0.717) is 18.0 Å². The van der Waals surface area contributed by atoms with Crippen molar-refractivity contribution in [2.24, 2.45) is 0 Å². The van der Waals surface area contributed by atoms with Crippen LogP contribution in [0.4, 0.5) is 5.82 Å². The molecule has 22 heavy (non-hydrogen) atoms. The lowest BCUT2D eigenvalue weighted by molar-refractivity contribution is 0.102. The monoisotopic (exact) mass is 299 g/mol. The van der Waals surface area contributed by atoms with Crippen LogP contribution in [0.1, 0.15) is 23.3 Å². The summed E-state index contributed by atoms with van der Waals surface area (Å²) in [5, 5.41) is 7.12. The van der Waals surface area contributed by atoms with Crippen molar-refractivity contribution in [1.82, 2.24) is 19.2 Å². The molecule has 0 radical (unpaired) electrons. The Balaban J connectivity index is 1.73. The minimum Gasteiger partial charge on any atom is -0.382 e. The van der Waals surface area contributed by atoms with Gasteiger partial charge in [-0.3, -0.25) is 9.48 Å². The van der Waals surface area contributed by atoms with Crippen LogP contribution in [0, 0.1) is 0 Å². The molecule has 1 unspecified atom stereocenters. The fourth-order valence-corrected chi connectivity index (χ4v) is 2.21. The molecule has 1 atom stereocenters. The van der Waals surface area contributed by atoms with Gasteiger partial charge in [0.05, 0.1) is 18.2 Å². The fraction of sp³-hybridized carbons (Fsp3) is 0.267. The zero-order chi connectivity index (χ0) is 15.5. The third-order valence-corrected chi connectivity index (χ3v) is 3.36. The lowest BCUT2D eigenvalue weighted by Gasteiger charge is -2.10. The molecule has 0 aliphatic carbocycles. The average Bonchev–Trinajstić information content (AvgIpc) is 3.15. The van der Waals surface area contributed by atoms with E-state index in [-0.39, 0.29) is 11.9 Å². The van der Waals surface area contributed by atoms with Crippen molar-refractivity contribution in [2.75, 3.05) is 19.0 Å². The minimum absolute atomic E-state index is 0.109. The number of pyridine rings is 1. The number of fused-ring (bicyclic) bond motifs is 1. The summed E-state index contributed by atoms with van der Waals surface area (Å²) in [6.07, 6.45) is 7.05. The first-order valence-electron chi connectivity index (χ1n) is 6.95. The lowest BCUT2D eigenvalue weighted by Crippen LogP contribution is -2.15. The van der Waals surface area contributed by atoms with E-state index in [1.165, 1.54) is 0 Å². The number of carbonyl (C=O) groups excluding carboxylic acids is 1. The molecule has 0 bridgehead atoms. The molecule has 0 fully saturated rings. The Hall–Kier alpha value is -2.67. The highest BCUT2D eigenvalue weighted by Gasteiger charge is 2.11. The molecule has 3 aromatic rings. The Morgan fingerprint density at radius 1 is 1.36 bits per heavy atom. The summed E-state index contributed by atoms with van der Waals surface area (Å²) >= 11 is 0. The summed E-state index contributed by atoms with van der Waals surface area (Å²) in [7, 11) is 1.65. The Kier molecular flexibility index (Phi) is 3.88. The number of ether oxygens (including phenoxy) is 1. The van der Waals surface area contributed by atoms with Crippen LogP contribution in [0.5, 0.6) is 0 Å². The molecule has 0 spiro atoms. The van der Waals surface area contributed by atoms with Crippen molar-refractivity contribution in [3.8, 4) is 0 Å². The van der Waals surface area contributed by atoms with Crippen LogP contribution in [-0.4, -0.2) is 38.8 Å². The number of hydrogen-bond donors (Lipinski definition) is 1. The zero-order valence-electron chi connectivity index (χ0n) is 12.4. The SMILES string of the molecule is COCC(C)n1ccc(NC(=O)c2ccc3nccn3c2)n1. The summed E-state index contributed by atoms with van der Waals surface area (Å²) < 4.78 is 8.66. The smallest absolute Gasteiger partial charge is 0.258 e. The van der Waals surface area contributed by atoms with E-state index in [1.54, 1.807) is 53.0 Å². The van der Waals surface area contributed by atoms with Crippen molar-refractivity contribution in [3.05, 3.63) is 48.5 Å². The van der Waals surface area contributed by atoms with Crippen molar-refractivity contribution < 1.29 is 9.53 Å². The summed E-state index contributed by atoms with van der Waals surface area (Å²) in [4.78, 5) is 16.4. The van der Waals surface area contributed by atoms with E-state index in [0.717, 1.165) is 5.65 Å². The Morgan fingerprint density at radius 3 is 3.05 bits per heavy atom. The second kappa shape index (κ2) is 5.98. The van der Waals surface area contributed by atoms with Crippen LogP contribution < -0.4 is 5.32 Å². The first kappa shape index (κ1) is 14.3. The molecule has 0 aliphatic heterocycles. The quantitative estimate of drug-likeness (QED) is 0.782. The van der Waals surface area contributed by atoms with Gasteiger partial charge in [-0.15, -0.1) is 0 Å². The van der Waals surface area contributed by atoms with Gasteiger partial charge in [0.2, 0.25) is 0 Å². The van der Waals surface area contributed by atoms with Gasteiger partial charge in [-0.25, -0.2) is 4.98 Å². The maximum Gasteiger partial charge on any atom is 0.258 e. The van der Waals surface area contributed by atoms with Gasteiger partial charge < -0.3 is 14.5 Å². The predicted molar refractivity (Wildman–Crippen MR) is 82.0 cm³/mol. The third kappa shape index (κ3) is 2.84. The van der Waals surface area contributed by atoms with E-state index in [2.05, 4.69) is 15.4 Å². The lowest BCUT2D eigenvalue weighted by atomic mass is 10.2. The minimum atomic E-state index is -0.208. The highest BCUT2D eigenvalue weighted by molar-refractivity contribution is 6.03. The molecule has 1 amide bonds. The molecule has 3 aromatic heterocycles. The van der Waals surface area contributed by atoms with E-state index in [1.807, 2.05) is 13.1 Å². The van der Waals surface area contributed by atoms with Gasteiger partial charge in [0.15, 0.2) is 5.82 Å². The van der Waals surface area contributed by atoms with Gasteiger partial charge in [0, 0.05) is 38.0 Å². The average molecular weight is 299 g/mol. The van der Waals surface area contributed by atoms with Gasteiger partial charge in [0.1, 0.15) is 5.65 Å². The van der Waals surface area contributed by atoms with Gasteiger partial charge in [-0.05, 0) is 19.1 Å². The first-order valence-corrected chi connectivity index (χ1v) is 6.95. The van der Waals surface area contributed by atoms with Crippen molar-refractivity contribution in [1.29, 1.82) is 0 Å². The number of anilines is 1. The van der Waals surface area contributed by atoms with Crippen molar-refractivity contribution in [2.45, 2.75) is 13.0 Å². The highest BCUT2D eigenvalue weighted by atomic mass is 16.5. The molecule has 0 saturated carbocycles. The topological polar surface area (TPSA) is 73.5 Å². The highest BCUT2D eigenvalue weighted by Crippen LogP contribution is 2.11. The number of aromatic nitrogens is 4. The van der Waals surface area contributed by atoms with E-state index in [4.69, 9.17) is 4.74 Å². The fourth-order valence-electron chi connectivity index (χ4n) is 2.21. The van der Waals surface area contributed by atoms with Crippen molar-refractivity contribution in [3.63, 3.8) is 0 Å². The van der Waals surface area contributed by atoms with Crippen LogP contribution in [0.25, 0.3) is 5.65 Å². The molecule has 1 N–H and O–H groups in total. The maximum absolute atomic E-state index is 12.3. The van der Waals surface area contributed by atoms with Crippen LogP contribution in [0.3, 0.4) is 0 Å². The molecular weight excluding hydrogens is 282 g/mol. The summed E-state index contributed by atoms with van der Waals surface area (Å²) in [5.74, 6) is 0.305. The number of hydrogen-bond acceptors (Lipinski definition) is 4. The number of nitrogens with one attached hydrogen (secondary N) is 1. The molecule has 3 heterocycles. The van der Waals surface area contributed by atoms with Gasteiger partial charge in [0.25, 0.3) is 5.91 Å². The van der Waals surface area contributed by atoms with Crippen molar-refractivity contribution >= 4 is 17.4 Å². The van der Waals surface area contributed by atoms with E-state index >= 15 is 0 Å². The number of carbonyl (C=O) groups is 1. The van der Waals surface area contributed by atoms with Crippen LogP contribution in [0.15, 0.2) is 43.0 Å². The molecule has 7 nitrogen and oxygen atoms in total. The van der Waals surface area contributed by atoms with Gasteiger partial charge in [-0.1, -0.05) is 0 Å². The summed E-state index contributed by atoms with van der Waals surface area (Å²) in [5.41, 5.74) is 1.35. The molecule has 0 saturated heterocycles. The van der Waals surface area contributed by atoms with Gasteiger partial charge in [-0.2, -0.15) is 5.10 Å². The second-order valence-electron chi connectivity index (χ2n) is 5.05. The number of methoxy groups -OCH3 is 1. The molecule has 0 aliphatic rings. The maximum atomic E-state index is 12.3. The Morgan fingerprint density at radius 2 is 2.23 bits per heavy atom. The molecule has 114 valence electrons. The largest absolute Gasteiger partial charge is 0.382 e. The number of rotatable bonds is 5. The Labute approximate surface area is 127 Å². The molecular formula is C15H17N5O2. The molecule has 3 rings (SSSR count). The van der Waals surface area contributed by atoms with Crippen LogP contribution in [0.2, 0.25) is 0 Å². The zero-order valence-corrected chi connectivity index (χ0v) is 12.4. The van der Waals surface area contributed by atoms with E-state index in [9.17, 15) is 4.79 Å². The number of amides is 1. The first-order chi connectivity index (χ1) is 10.7. The van der Waals surface area contributed by atoms with Crippen LogP contribution >= 0.6 is 0 Å². The van der Waals surface area contributed by atoms with Crippen LogP contribution in [-0.2, 0) is 4.74 Å². The van der Waals surface area contributed by atoms with E-state index < -0.39 is 0 Å². The number of imidazole rings is 1. The van der Waals surface area contributed by atoms with Gasteiger partial charge >= 0.3 is 0 Å². The third-order valence-electron chi connectivity index (χ3n) is 3.36. The Bertz CT molecular complexity index is 792. The standard InChI is InChI=1S/C15H17N5O2/c1-11(10-22-2)20-7-5-13(18-20)17-15(21)12-3-4-14-16-6-8-19(14)9-12/h3-9,11H,10H2,1-2H3,(H,17,18,21). The normalized spacial score (nSPS) is 12.5. The summed E-state index contributed by atoms with van der Waals surface area (Å²) in [6, 6.07) is 5.41. The summed E-state index contributed by atoms with van der Waals surface area (Å²) in [6.45, 7) is 2.56. The molecule has 7 heteroatoms. The second-order valence-corrected chi connectivity index (χ2v) is 5.05.